The molecular formula is C34H37N3O2. The first-order chi connectivity index (χ1) is 19.2. The van der Waals surface area contributed by atoms with E-state index in [-0.39, 0.29) is 11.8 Å². The van der Waals surface area contributed by atoms with Gasteiger partial charge in [-0.3, -0.25) is 9.59 Å². The number of benzene rings is 4. The predicted octanol–water partition coefficient (Wildman–Crippen LogP) is 5.81. The van der Waals surface area contributed by atoms with Gasteiger partial charge in [-0.1, -0.05) is 121 Å². The maximum Gasteiger partial charge on any atom is 0.224 e. The van der Waals surface area contributed by atoms with Crippen LogP contribution in [0.5, 0.6) is 0 Å². The lowest BCUT2D eigenvalue weighted by molar-refractivity contribution is -0.132. The quantitative estimate of drug-likeness (QED) is 0.214. The molecule has 4 aromatic rings. The van der Waals surface area contributed by atoms with Gasteiger partial charge in [0.1, 0.15) is 0 Å². The van der Waals surface area contributed by atoms with Gasteiger partial charge in [-0.05, 0) is 22.3 Å². The summed E-state index contributed by atoms with van der Waals surface area (Å²) in [5, 5.41) is 3.32. The molecule has 0 bridgehead atoms. The van der Waals surface area contributed by atoms with Crippen molar-refractivity contribution < 1.29 is 9.59 Å². The molecule has 5 nitrogen and oxygen atoms in total. The van der Waals surface area contributed by atoms with Gasteiger partial charge in [-0.25, -0.2) is 0 Å². The number of hydrogen-bond acceptors (Lipinski definition) is 3. The van der Waals surface area contributed by atoms with Crippen molar-refractivity contribution in [2.75, 3.05) is 13.1 Å². The van der Waals surface area contributed by atoms with Crippen molar-refractivity contribution in [1.29, 1.82) is 0 Å². The maximum atomic E-state index is 13.2. The Balaban J connectivity index is 1.27. The lowest BCUT2D eigenvalue weighted by Gasteiger charge is -2.24. The second kappa shape index (κ2) is 15.3. The molecule has 1 N–H and O–H groups in total. The number of hydrogen-bond donors (Lipinski definition) is 1. The van der Waals surface area contributed by atoms with E-state index in [0.717, 1.165) is 22.3 Å². The first-order valence-corrected chi connectivity index (χ1v) is 13.6. The fraction of sp³-hybridized carbons (Fsp3) is 0.235. The van der Waals surface area contributed by atoms with E-state index >= 15 is 0 Å². The first kappa shape index (κ1) is 27.8. The molecule has 200 valence electrons. The van der Waals surface area contributed by atoms with Crippen LogP contribution in [0, 0.1) is 0 Å². The van der Waals surface area contributed by atoms with E-state index in [1.807, 2.05) is 131 Å². The van der Waals surface area contributed by atoms with Crippen molar-refractivity contribution in [2.24, 2.45) is 0 Å². The molecule has 5 heteroatoms. The molecule has 0 aromatic heterocycles. The summed E-state index contributed by atoms with van der Waals surface area (Å²) in [6, 6.07) is 40.3. The summed E-state index contributed by atoms with van der Waals surface area (Å²) < 4.78 is 0. The van der Waals surface area contributed by atoms with Crippen molar-refractivity contribution in [3.05, 3.63) is 144 Å². The zero-order valence-corrected chi connectivity index (χ0v) is 22.4. The molecule has 0 atom stereocenters. The first-order valence-electron chi connectivity index (χ1n) is 13.6. The van der Waals surface area contributed by atoms with E-state index in [1.165, 1.54) is 0 Å². The van der Waals surface area contributed by atoms with E-state index in [1.54, 1.807) is 0 Å². The third-order valence-electron chi connectivity index (χ3n) is 6.60. The summed E-state index contributed by atoms with van der Waals surface area (Å²) in [5.41, 5.74) is 4.43. The van der Waals surface area contributed by atoms with Crippen LogP contribution in [0.1, 0.15) is 35.1 Å². The van der Waals surface area contributed by atoms with Gasteiger partial charge in [-0.15, -0.1) is 0 Å². The van der Waals surface area contributed by atoms with Crippen LogP contribution in [-0.4, -0.2) is 34.7 Å². The molecule has 4 rings (SSSR count). The molecule has 0 saturated heterocycles. The summed E-state index contributed by atoms with van der Waals surface area (Å²) in [4.78, 5) is 30.2. The van der Waals surface area contributed by atoms with Crippen LogP contribution in [0.4, 0.5) is 0 Å². The highest BCUT2D eigenvalue weighted by molar-refractivity contribution is 5.77. The van der Waals surface area contributed by atoms with Crippen LogP contribution in [0.25, 0.3) is 0 Å². The minimum absolute atomic E-state index is 0.0938. The lowest BCUT2D eigenvalue weighted by Crippen LogP contribution is -2.34. The Morgan fingerprint density at radius 3 is 0.949 bits per heavy atom. The second-order valence-electron chi connectivity index (χ2n) is 9.69. The maximum absolute atomic E-state index is 13.2. The molecule has 0 spiro atoms. The Morgan fingerprint density at radius 2 is 0.692 bits per heavy atom. The van der Waals surface area contributed by atoms with E-state index in [9.17, 15) is 9.59 Å². The molecule has 0 fully saturated rings. The Hall–Kier alpha value is -4.22. The minimum Gasteiger partial charge on any atom is -0.334 e. The summed E-state index contributed by atoms with van der Waals surface area (Å²) in [5.74, 6) is 0.188. The standard InChI is InChI=1S/C34H37N3O2/c38-33(36(25-29-13-5-1-6-14-29)26-30-15-7-2-8-16-30)21-23-35-24-22-34(39)37(27-31-17-9-3-10-18-31)28-32-19-11-4-12-20-32/h1-20,35H,21-28H2. The summed E-state index contributed by atoms with van der Waals surface area (Å²) in [7, 11) is 0. The molecule has 39 heavy (non-hydrogen) atoms. The van der Waals surface area contributed by atoms with E-state index < -0.39 is 0 Å². The van der Waals surface area contributed by atoms with Crippen molar-refractivity contribution in [1.82, 2.24) is 15.1 Å². The number of carbonyl (C=O) groups is 2. The van der Waals surface area contributed by atoms with Crippen molar-refractivity contribution in [3.8, 4) is 0 Å². The zero-order valence-electron chi connectivity index (χ0n) is 22.4. The highest BCUT2D eigenvalue weighted by Crippen LogP contribution is 2.13. The fourth-order valence-electron chi connectivity index (χ4n) is 4.51. The van der Waals surface area contributed by atoms with Crippen LogP contribution in [0.3, 0.4) is 0 Å². The average Bonchev–Trinajstić information content (AvgIpc) is 2.98. The Labute approximate surface area is 232 Å². The van der Waals surface area contributed by atoms with Crippen molar-refractivity contribution in [3.63, 3.8) is 0 Å². The number of amides is 2. The van der Waals surface area contributed by atoms with Gasteiger partial charge in [0.05, 0.1) is 0 Å². The number of rotatable bonds is 14. The van der Waals surface area contributed by atoms with Crippen molar-refractivity contribution in [2.45, 2.75) is 39.0 Å². The largest absolute Gasteiger partial charge is 0.334 e. The molecule has 0 unspecified atom stereocenters. The summed E-state index contributed by atoms with van der Waals surface area (Å²) in [6.45, 7) is 3.34. The van der Waals surface area contributed by atoms with Gasteiger partial charge >= 0.3 is 0 Å². The van der Waals surface area contributed by atoms with Crippen LogP contribution in [0.2, 0.25) is 0 Å². The van der Waals surface area contributed by atoms with Gasteiger partial charge in [0.15, 0.2) is 0 Å². The molecule has 0 saturated carbocycles. The van der Waals surface area contributed by atoms with Gasteiger partial charge in [0.25, 0.3) is 0 Å². The SMILES string of the molecule is O=C(CCNCCC(=O)N(Cc1ccccc1)Cc1ccccc1)N(Cc1ccccc1)Cc1ccccc1. The Kier molecular flexibility index (Phi) is 10.9. The summed E-state index contributed by atoms with van der Waals surface area (Å²) in [6.07, 6.45) is 0.761. The lowest BCUT2D eigenvalue weighted by atomic mass is 10.1. The molecule has 0 aliphatic heterocycles. The summed E-state index contributed by atoms with van der Waals surface area (Å²) >= 11 is 0. The number of carbonyl (C=O) groups excluding carboxylic acids is 2. The van der Waals surface area contributed by atoms with Crippen LogP contribution in [0.15, 0.2) is 121 Å². The molecule has 0 aliphatic rings. The van der Waals surface area contributed by atoms with E-state index in [2.05, 4.69) is 5.32 Å². The number of nitrogens with one attached hydrogen (secondary N) is 1. The molecule has 0 heterocycles. The van der Waals surface area contributed by atoms with Crippen LogP contribution in [-0.2, 0) is 35.8 Å². The van der Waals surface area contributed by atoms with Crippen LogP contribution >= 0.6 is 0 Å². The third kappa shape index (κ3) is 9.55. The molecule has 2 amide bonds. The molecule has 4 aromatic carbocycles. The Morgan fingerprint density at radius 1 is 0.436 bits per heavy atom. The highest BCUT2D eigenvalue weighted by Gasteiger charge is 2.16. The minimum atomic E-state index is 0.0938. The fourth-order valence-corrected chi connectivity index (χ4v) is 4.51. The topological polar surface area (TPSA) is 52.7 Å². The Bertz CT molecular complexity index is 1080. The predicted molar refractivity (Wildman–Crippen MR) is 156 cm³/mol. The molecular weight excluding hydrogens is 482 g/mol. The third-order valence-corrected chi connectivity index (χ3v) is 6.60. The second-order valence-corrected chi connectivity index (χ2v) is 9.69. The van der Waals surface area contributed by atoms with E-state index in [0.29, 0.717) is 52.1 Å². The van der Waals surface area contributed by atoms with Crippen LogP contribution < -0.4 is 5.32 Å². The van der Waals surface area contributed by atoms with Gasteiger partial charge in [-0.2, -0.15) is 0 Å². The van der Waals surface area contributed by atoms with E-state index in [4.69, 9.17) is 0 Å². The highest BCUT2D eigenvalue weighted by atomic mass is 16.2. The van der Waals surface area contributed by atoms with Gasteiger partial charge in [0, 0.05) is 52.1 Å². The number of nitrogens with zero attached hydrogens (tertiary/aromatic N) is 2. The normalized spacial score (nSPS) is 10.7. The zero-order chi connectivity index (χ0) is 27.1. The average molecular weight is 520 g/mol. The monoisotopic (exact) mass is 519 g/mol. The molecule has 0 radical (unpaired) electrons. The van der Waals surface area contributed by atoms with Gasteiger partial charge in [0.2, 0.25) is 11.8 Å². The van der Waals surface area contributed by atoms with Crippen molar-refractivity contribution >= 4 is 11.8 Å². The van der Waals surface area contributed by atoms with Gasteiger partial charge < -0.3 is 15.1 Å². The molecule has 0 aliphatic carbocycles. The smallest absolute Gasteiger partial charge is 0.224 e.